The smallest absolute Gasteiger partial charge is 0.191 e. The predicted molar refractivity (Wildman–Crippen MR) is 129 cm³/mol. The minimum absolute atomic E-state index is 0. The number of halogens is 2. The van der Waals surface area contributed by atoms with Crippen LogP contribution < -0.4 is 15.5 Å². The fourth-order valence-corrected chi connectivity index (χ4v) is 3.58. The third kappa shape index (κ3) is 6.83. The fourth-order valence-electron chi connectivity index (χ4n) is 3.58. The molecule has 9 heteroatoms. The number of ether oxygens (including phenoxy) is 1. The van der Waals surface area contributed by atoms with E-state index in [1.807, 2.05) is 30.2 Å². The van der Waals surface area contributed by atoms with Crippen molar-refractivity contribution >= 4 is 35.6 Å². The van der Waals surface area contributed by atoms with Gasteiger partial charge in [0.2, 0.25) is 0 Å². The summed E-state index contributed by atoms with van der Waals surface area (Å²) < 4.78 is 20.7. The lowest BCUT2D eigenvalue weighted by molar-refractivity contribution is 0.181. The summed E-state index contributed by atoms with van der Waals surface area (Å²) in [6.07, 6.45) is 6.17. The Morgan fingerprint density at radius 3 is 2.93 bits per heavy atom. The number of piperidine rings is 1. The first-order chi connectivity index (χ1) is 14.1. The van der Waals surface area contributed by atoms with Gasteiger partial charge in [-0.3, -0.25) is 4.68 Å². The Balaban J connectivity index is 0.00000320. The van der Waals surface area contributed by atoms with Gasteiger partial charge in [-0.2, -0.15) is 5.10 Å². The van der Waals surface area contributed by atoms with Crippen LogP contribution in [-0.4, -0.2) is 48.5 Å². The third-order valence-electron chi connectivity index (χ3n) is 4.99. The molecule has 1 aromatic heterocycles. The van der Waals surface area contributed by atoms with Crippen LogP contribution in [0, 0.1) is 5.82 Å². The van der Waals surface area contributed by atoms with E-state index in [0.29, 0.717) is 18.2 Å². The van der Waals surface area contributed by atoms with E-state index in [4.69, 9.17) is 9.73 Å². The average Bonchev–Trinajstić information content (AvgIpc) is 3.15. The minimum Gasteiger partial charge on any atom is -0.380 e. The van der Waals surface area contributed by atoms with Crippen molar-refractivity contribution in [3.63, 3.8) is 0 Å². The summed E-state index contributed by atoms with van der Waals surface area (Å²) in [4.78, 5) is 7.06. The molecule has 30 heavy (non-hydrogen) atoms. The quantitative estimate of drug-likeness (QED) is 0.328. The highest BCUT2D eigenvalue weighted by Gasteiger charge is 2.21. The number of benzene rings is 1. The topological polar surface area (TPSA) is 66.7 Å². The van der Waals surface area contributed by atoms with E-state index in [2.05, 4.69) is 27.6 Å². The first-order valence-electron chi connectivity index (χ1n) is 10.1. The van der Waals surface area contributed by atoms with Crippen LogP contribution in [0.4, 0.5) is 10.1 Å². The molecular formula is C21H32FIN6O. The number of aromatic nitrogens is 2. The molecule has 0 bridgehead atoms. The summed E-state index contributed by atoms with van der Waals surface area (Å²) >= 11 is 0. The molecule has 0 spiro atoms. The van der Waals surface area contributed by atoms with Crippen molar-refractivity contribution < 1.29 is 9.13 Å². The zero-order chi connectivity index (χ0) is 20.6. The van der Waals surface area contributed by atoms with Crippen LogP contribution in [-0.2, 0) is 24.9 Å². The number of aryl methyl sites for hydroxylation is 1. The molecule has 2 heterocycles. The predicted octanol–water partition coefficient (Wildman–Crippen LogP) is 3.05. The van der Waals surface area contributed by atoms with Crippen LogP contribution in [0.25, 0.3) is 0 Å². The minimum atomic E-state index is -0.248. The Kier molecular flexibility index (Phi) is 9.83. The van der Waals surface area contributed by atoms with Gasteiger partial charge in [0.05, 0.1) is 25.0 Å². The second-order valence-corrected chi connectivity index (χ2v) is 7.36. The number of anilines is 1. The van der Waals surface area contributed by atoms with E-state index >= 15 is 0 Å². The van der Waals surface area contributed by atoms with E-state index in [9.17, 15) is 4.39 Å². The highest BCUT2D eigenvalue weighted by molar-refractivity contribution is 14.0. The van der Waals surface area contributed by atoms with Crippen LogP contribution in [0.2, 0.25) is 0 Å². The molecular weight excluding hydrogens is 498 g/mol. The normalized spacial score (nSPS) is 16.9. The highest BCUT2D eigenvalue weighted by atomic mass is 127. The van der Waals surface area contributed by atoms with E-state index in [-0.39, 0.29) is 36.4 Å². The zero-order valence-corrected chi connectivity index (χ0v) is 20.2. The first-order valence-corrected chi connectivity index (χ1v) is 10.1. The van der Waals surface area contributed by atoms with Crippen molar-refractivity contribution in [2.24, 2.45) is 12.0 Å². The van der Waals surface area contributed by atoms with Crippen molar-refractivity contribution in [3.8, 4) is 0 Å². The summed E-state index contributed by atoms with van der Waals surface area (Å²) in [6.45, 7) is 5.51. The third-order valence-corrected chi connectivity index (χ3v) is 4.99. The Morgan fingerprint density at radius 2 is 2.23 bits per heavy atom. The molecule has 166 valence electrons. The maximum atomic E-state index is 13.8. The van der Waals surface area contributed by atoms with Gasteiger partial charge in [-0.05, 0) is 37.5 Å². The van der Waals surface area contributed by atoms with Gasteiger partial charge in [-0.1, -0.05) is 6.07 Å². The molecule has 0 amide bonds. The standard InChI is InChI=1S/C21H31FN6O.HI/c1-4-23-21(24-11-16-7-8-20(22)17(10-16)15-29-3)26-18-6-5-9-28(13-18)19-12-25-27(2)14-19;/h7-8,10,12,14,18H,4-6,9,11,13,15H2,1-3H3,(H2,23,24,26);1H. The Hall–Kier alpha value is -1.88. The van der Waals surface area contributed by atoms with Gasteiger partial charge >= 0.3 is 0 Å². The fraction of sp³-hybridized carbons (Fsp3) is 0.524. The summed E-state index contributed by atoms with van der Waals surface area (Å²) in [6, 6.07) is 5.37. The Morgan fingerprint density at radius 1 is 1.40 bits per heavy atom. The number of rotatable bonds is 7. The molecule has 1 aromatic carbocycles. The van der Waals surface area contributed by atoms with Crippen LogP contribution in [0.5, 0.6) is 0 Å². The van der Waals surface area contributed by atoms with Gasteiger partial charge < -0.3 is 20.3 Å². The Bertz CT molecular complexity index is 828. The molecule has 1 saturated heterocycles. The number of hydrogen-bond donors (Lipinski definition) is 2. The summed E-state index contributed by atoms with van der Waals surface area (Å²) in [7, 11) is 3.50. The van der Waals surface area contributed by atoms with Gasteiger partial charge in [-0.15, -0.1) is 24.0 Å². The molecule has 1 atom stereocenters. The molecule has 1 fully saturated rings. The lowest BCUT2D eigenvalue weighted by Gasteiger charge is -2.34. The monoisotopic (exact) mass is 530 g/mol. The molecule has 3 rings (SSSR count). The lowest BCUT2D eigenvalue weighted by atomic mass is 10.1. The van der Waals surface area contributed by atoms with E-state index in [1.165, 1.54) is 6.07 Å². The molecule has 2 N–H and O–H groups in total. The lowest BCUT2D eigenvalue weighted by Crippen LogP contribution is -2.51. The molecule has 0 saturated carbocycles. The van der Waals surface area contributed by atoms with Crippen LogP contribution >= 0.6 is 24.0 Å². The molecule has 7 nitrogen and oxygen atoms in total. The maximum absolute atomic E-state index is 13.8. The van der Waals surface area contributed by atoms with E-state index < -0.39 is 0 Å². The van der Waals surface area contributed by atoms with Crippen molar-refractivity contribution in [2.45, 2.75) is 39.0 Å². The van der Waals surface area contributed by atoms with Crippen LogP contribution in [0.3, 0.4) is 0 Å². The SMILES string of the molecule is CCNC(=NCc1ccc(F)c(COC)c1)NC1CCCN(c2cnn(C)c2)C1.I. The molecule has 1 aliphatic heterocycles. The van der Waals surface area contributed by atoms with Crippen molar-refractivity contribution in [2.75, 3.05) is 31.6 Å². The highest BCUT2D eigenvalue weighted by Crippen LogP contribution is 2.19. The first kappa shape index (κ1) is 24.4. The Labute approximate surface area is 195 Å². The summed E-state index contributed by atoms with van der Waals surface area (Å²) in [5.41, 5.74) is 2.66. The van der Waals surface area contributed by atoms with Crippen LogP contribution in [0.1, 0.15) is 30.9 Å². The number of guanidine groups is 1. The number of hydrogen-bond acceptors (Lipinski definition) is 4. The maximum Gasteiger partial charge on any atom is 0.191 e. The van der Waals surface area contributed by atoms with Gasteiger partial charge in [0.25, 0.3) is 0 Å². The molecule has 0 aliphatic carbocycles. The largest absolute Gasteiger partial charge is 0.380 e. The van der Waals surface area contributed by atoms with Gasteiger partial charge in [0.15, 0.2) is 5.96 Å². The number of nitrogens with one attached hydrogen (secondary N) is 2. The summed E-state index contributed by atoms with van der Waals surface area (Å²) in [5, 5.41) is 11.2. The molecule has 2 aromatic rings. The van der Waals surface area contributed by atoms with Crippen LogP contribution in [0.15, 0.2) is 35.6 Å². The number of methoxy groups -OCH3 is 1. The second kappa shape index (κ2) is 12.1. The average molecular weight is 530 g/mol. The number of aliphatic imine (C=N–C) groups is 1. The van der Waals surface area contributed by atoms with Gasteiger partial charge in [0.1, 0.15) is 5.82 Å². The number of nitrogens with zero attached hydrogens (tertiary/aromatic N) is 4. The van der Waals surface area contributed by atoms with Crippen molar-refractivity contribution in [1.29, 1.82) is 0 Å². The van der Waals surface area contributed by atoms with Crippen molar-refractivity contribution in [1.82, 2.24) is 20.4 Å². The molecule has 1 aliphatic rings. The van der Waals surface area contributed by atoms with Crippen molar-refractivity contribution in [3.05, 3.63) is 47.5 Å². The second-order valence-electron chi connectivity index (χ2n) is 7.36. The molecule has 1 unspecified atom stereocenters. The van der Waals surface area contributed by atoms with E-state index in [1.54, 1.807) is 13.2 Å². The molecule has 0 radical (unpaired) electrons. The van der Waals surface area contributed by atoms with Gasteiger partial charge in [0, 0.05) is 51.6 Å². The van der Waals surface area contributed by atoms with E-state index in [0.717, 1.165) is 49.7 Å². The summed E-state index contributed by atoms with van der Waals surface area (Å²) in [5.74, 6) is 0.533. The zero-order valence-electron chi connectivity index (χ0n) is 17.9. The van der Waals surface area contributed by atoms with Gasteiger partial charge in [-0.25, -0.2) is 9.38 Å².